The number of hydrogen-bond donors (Lipinski definition) is 2. The highest BCUT2D eigenvalue weighted by Crippen LogP contribution is 2.19. The molecule has 0 heterocycles. The number of hydrogen-bond acceptors (Lipinski definition) is 3. The van der Waals surface area contributed by atoms with E-state index >= 15 is 0 Å². The molecular weight excluding hydrogens is 204 g/mol. The first kappa shape index (κ1) is 12.5. The van der Waals surface area contributed by atoms with Gasteiger partial charge in [0.05, 0.1) is 11.4 Å². The van der Waals surface area contributed by atoms with Crippen molar-refractivity contribution in [3.05, 3.63) is 23.8 Å². The first-order valence-corrected chi connectivity index (χ1v) is 5.37. The lowest BCUT2D eigenvalue weighted by Crippen LogP contribution is -2.19. The normalized spacial score (nSPS) is 10.1. The summed E-state index contributed by atoms with van der Waals surface area (Å²) in [5.74, 6) is -0.175. The van der Waals surface area contributed by atoms with Crippen molar-refractivity contribution in [2.45, 2.75) is 20.3 Å². The number of anilines is 2. The van der Waals surface area contributed by atoms with Crippen LogP contribution in [0.15, 0.2) is 18.2 Å². The van der Waals surface area contributed by atoms with Crippen LogP contribution >= 0.6 is 0 Å². The molecule has 0 saturated heterocycles. The van der Waals surface area contributed by atoms with Crippen molar-refractivity contribution in [3.8, 4) is 0 Å². The third-order valence-corrected chi connectivity index (χ3v) is 2.06. The highest BCUT2D eigenvalue weighted by Gasteiger charge is 2.05. The van der Waals surface area contributed by atoms with Gasteiger partial charge in [-0.1, -0.05) is 13.0 Å². The van der Waals surface area contributed by atoms with Crippen molar-refractivity contribution in [2.24, 2.45) is 0 Å². The smallest absolute Gasteiger partial charge is 0.250 e. The molecule has 1 rings (SSSR count). The molecule has 16 heavy (non-hydrogen) atoms. The molecule has 0 aliphatic carbocycles. The number of nitrogens with one attached hydrogen (secondary N) is 1. The van der Waals surface area contributed by atoms with Gasteiger partial charge in [-0.2, -0.15) is 0 Å². The van der Waals surface area contributed by atoms with E-state index in [0.717, 1.165) is 12.0 Å². The van der Waals surface area contributed by atoms with Crippen LogP contribution in [0.1, 0.15) is 18.9 Å². The highest BCUT2D eigenvalue weighted by atomic mass is 16.5. The van der Waals surface area contributed by atoms with E-state index in [4.69, 9.17) is 10.5 Å². The van der Waals surface area contributed by atoms with E-state index in [1.807, 2.05) is 26.0 Å². The Hall–Kier alpha value is -1.55. The molecule has 0 spiro atoms. The average Bonchev–Trinajstić information content (AvgIpc) is 2.24. The van der Waals surface area contributed by atoms with Crippen LogP contribution < -0.4 is 11.1 Å². The van der Waals surface area contributed by atoms with E-state index < -0.39 is 0 Å². The molecule has 0 saturated carbocycles. The lowest BCUT2D eigenvalue weighted by Gasteiger charge is -2.09. The Kier molecular flexibility index (Phi) is 4.79. The molecule has 0 aliphatic rings. The molecule has 88 valence electrons. The quantitative estimate of drug-likeness (QED) is 0.591. The van der Waals surface area contributed by atoms with Gasteiger partial charge in [-0.15, -0.1) is 0 Å². The fraction of sp³-hybridized carbons (Fsp3) is 0.417. The number of nitrogen functional groups attached to an aromatic ring is 1. The van der Waals surface area contributed by atoms with E-state index in [2.05, 4.69) is 5.32 Å². The third-order valence-electron chi connectivity index (χ3n) is 2.06. The summed E-state index contributed by atoms with van der Waals surface area (Å²) in [4.78, 5) is 11.5. The van der Waals surface area contributed by atoms with E-state index in [9.17, 15) is 4.79 Å². The maximum atomic E-state index is 11.5. The predicted octanol–water partition coefficient (Wildman–Crippen LogP) is 1.94. The Labute approximate surface area is 95.8 Å². The molecule has 4 heteroatoms. The van der Waals surface area contributed by atoms with Crippen molar-refractivity contribution in [2.75, 3.05) is 24.3 Å². The van der Waals surface area contributed by atoms with Crippen LogP contribution in [-0.4, -0.2) is 19.1 Å². The van der Waals surface area contributed by atoms with Gasteiger partial charge in [0.1, 0.15) is 6.61 Å². The van der Waals surface area contributed by atoms with E-state index in [1.165, 1.54) is 0 Å². The van der Waals surface area contributed by atoms with Gasteiger partial charge in [0.25, 0.3) is 0 Å². The largest absolute Gasteiger partial charge is 0.397 e. The Morgan fingerprint density at radius 2 is 2.25 bits per heavy atom. The number of aryl methyl sites for hydroxylation is 1. The van der Waals surface area contributed by atoms with Crippen LogP contribution in [0.5, 0.6) is 0 Å². The van der Waals surface area contributed by atoms with Gasteiger partial charge in [0.15, 0.2) is 0 Å². The summed E-state index contributed by atoms with van der Waals surface area (Å²) in [5, 5.41) is 2.72. The number of benzene rings is 1. The number of carbonyl (C=O) groups excluding carboxylic acids is 1. The Morgan fingerprint density at radius 3 is 2.94 bits per heavy atom. The zero-order valence-corrected chi connectivity index (χ0v) is 9.75. The first-order chi connectivity index (χ1) is 7.63. The minimum atomic E-state index is -0.175. The second-order valence-corrected chi connectivity index (χ2v) is 3.69. The van der Waals surface area contributed by atoms with E-state index in [0.29, 0.717) is 18.0 Å². The van der Waals surface area contributed by atoms with Crippen LogP contribution in [-0.2, 0) is 9.53 Å². The fourth-order valence-corrected chi connectivity index (χ4v) is 1.27. The second kappa shape index (κ2) is 6.12. The SMILES string of the molecule is CCCOCC(=O)Nc1cc(C)ccc1N. The van der Waals surface area contributed by atoms with E-state index in [1.54, 1.807) is 6.07 Å². The lowest BCUT2D eigenvalue weighted by atomic mass is 10.2. The summed E-state index contributed by atoms with van der Waals surface area (Å²) >= 11 is 0. The molecule has 0 unspecified atom stereocenters. The summed E-state index contributed by atoms with van der Waals surface area (Å²) in [6, 6.07) is 5.52. The number of carbonyl (C=O) groups is 1. The third kappa shape index (κ3) is 3.90. The van der Waals surface area contributed by atoms with Crippen LogP contribution in [0.3, 0.4) is 0 Å². The molecule has 4 nitrogen and oxygen atoms in total. The molecule has 0 fully saturated rings. The number of nitrogens with two attached hydrogens (primary N) is 1. The Morgan fingerprint density at radius 1 is 1.50 bits per heavy atom. The van der Waals surface area contributed by atoms with Gasteiger partial charge in [-0.3, -0.25) is 4.79 Å². The summed E-state index contributed by atoms with van der Waals surface area (Å²) in [6.45, 7) is 4.61. The van der Waals surface area contributed by atoms with Crippen molar-refractivity contribution in [1.29, 1.82) is 0 Å². The van der Waals surface area contributed by atoms with Crippen molar-refractivity contribution < 1.29 is 9.53 Å². The summed E-state index contributed by atoms with van der Waals surface area (Å²) in [7, 11) is 0. The standard InChI is InChI=1S/C12H18N2O2/c1-3-6-16-8-12(15)14-11-7-9(2)4-5-10(11)13/h4-5,7H,3,6,8,13H2,1-2H3,(H,14,15). The minimum Gasteiger partial charge on any atom is -0.397 e. The Bertz CT molecular complexity index is 364. The van der Waals surface area contributed by atoms with Crippen LogP contribution in [0.25, 0.3) is 0 Å². The van der Waals surface area contributed by atoms with Gasteiger partial charge >= 0.3 is 0 Å². The molecule has 1 amide bonds. The average molecular weight is 222 g/mol. The summed E-state index contributed by atoms with van der Waals surface area (Å²) in [6.07, 6.45) is 0.903. The Balaban J connectivity index is 2.52. The number of ether oxygens (including phenoxy) is 1. The molecular formula is C12H18N2O2. The molecule has 0 aromatic heterocycles. The van der Waals surface area contributed by atoms with Crippen molar-refractivity contribution in [1.82, 2.24) is 0 Å². The maximum absolute atomic E-state index is 11.5. The zero-order chi connectivity index (χ0) is 12.0. The van der Waals surface area contributed by atoms with Gasteiger partial charge < -0.3 is 15.8 Å². The van der Waals surface area contributed by atoms with Gasteiger partial charge in [-0.25, -0.2) is 0 Å². The molecule has 1 aromatic rings. The molecule has 0 aliphatic heterocycles. The van der Waals surface area contributed by atoms with Crippen molar-refractivity contribution >= 4 is 17.3 Å². The molecule has 1 aromatic carbocycles. The topological polar surface area (TPSA) is 64.3 Å². The second-order valence-electron chi connectivity index (χ2n) is 3.69. The molecule has 0 radical (unpaired) electrons. The number of rotatable bonds is 5. The maximum Gasteiger partial charge on any atom is 0.250 e. The van der Waals surface area contributed by atoms with Crippen LogP contribution in [0, 0.1) is 6.92 Å². The van der Waals surface area contributed by atoms with E-state index in [-0.39, 0.29) is 12.5 Å². The minimum absolute atomic E-state index is 0.0707. The highest BCUT2D eigenvalue weighted by molar-refractivity contribution is 5.94. The molecule has 3 N–H and O–H groups in total. The van der Waals surface area contributed by atoms with Crippen LogP contribution in [0.2, 0.25) is 0 Å². The van der Waals surface area contributed by atoms with Gasteiger partial charge in [-0.05, 0) is 31.0 Å². The fourth-order valence-electron chi connectivity index (χ4n) is 1.27. The first-order valence-electron chi connectivity index (χ1n) is 5.37. The summed E-state index contributed by atoms with van der Waals surface area (Å²) < 4.78 is 5.13. The molecule has 0 atom stereocenters. The van der Waals surface area contributed by atoms with Crippen molar-refractivity contribution in [3.63, 3.8) is 0 Å². The lowest BCUT2D eigenvalue weighted by molar-refractivity contribution is -0.120. The summed E-state index contributed by atoms with van der Waals surface area (Å²) in [5.41, 5.74) is 8.00. The van der Waals surface area contributed by atoms with Gasteiger partial charge in [0.2, 0.25) is 5.91 Å². The number of amides is 1. The monoisotopic (exact) mass is 222 g/mol. The predicted molar refractivity (Wildman–Crippen MR) is 65.3 cm³/mol. The molecule has 0 bridgehead atoms. The van der Waals surface area contributed by atoms with Gasteiger partial charge in [0, 0.05) is 6.61 Å². The van der Waals surface area contributed by atoms with Crippen LogP contribution in [0.4, 0.5) is 11.4 Å². The zero-order valence-electron chi connectivity index (χ0n) is 9.75.